The minimum atomic E-state index is -0.843. The first-order chi connectivity index (χ1) is 8.86. The Balaban J connectivity index is 2.75. The lowest BCUT2D eigenvalue weighted by atomic mass is 9.91. The molecule has 0 aliphatic carbocycles. The van der Waals surface area contributed by atoms with Crippen molar-refractivity contribution in [3.05, 3.63) is 0 Å². The molecule has 2 N–H and O–H groups in total. The molecule has 19 heavy (non-hydrogen) atoms. The van der Waals surface area contributed by atoms with Crippen LogP contribution >= 0.6 is 0 Å². The number of carbonyl (C=O) groups is 1. The first-order valence-corrected chi connectivity index (χ1v) is 7.11. The smallest absolute Gasteiger partial charge is 0.408 e. The van der Waals surface area contributed by atoms with Crippen LogP contribution in [0, 0.1) is 5.92 Å². The van der Waals surface area contributed by atoms with E-state index in [0.29, 0.717) is 12.5 Å². The van der Waals surface area contributed by atoms with Gasteiger partial charge in [-0.05, 0) is 53.0 Å². The van der Waals surface area contributed by atoms with Crippen LogP contribution in [0.15, 0.2) is 0 Å². The highest BCUT2D eigenvalue weighted by molar-refractivity contribution is 5.66. The number of nitrogens with zero attached hydrogens (tertiary/aromatic N) is 1. The average Bonchev–Trinajstić information content (AvgIpc) is 2.28. The van der Waals surface area contributed by atoms with Crippen molar-refractivity contribution >= 4 is 6.09 Å². The lowest BCUT2D eigenvalue weighted by Gasteiger charge is -2.41. The maximum Gasteiger partial charge on any atom is 0.408 e. The molecule has 1 heterocycles. The highest BCUT2D eigenvalue weighted by Gasteiger charge is 2.34. The Morgan fingerprint density at radius 1 is 1.53 bits per heavy atom. The van der Waals surface area contributed by atoms with E-state index in [0.717, 1.165) is 32.5 Å². The van der Waals surface area contributed by atoms with E-state index in [4.69, 9.17) is 4.74 Å². The summed E-state index contributed by atoms with van der Waals surface area (Å²) >= 11 is 0. The maximum atomic E-state index is 11.6. The molecule has 5 heteroatoms. The molecule has 1 amide bonds. The molecular formula is C14H28N2O3. The van der Waals surface area contributed by atoms with Crippen molar-refractivity contribution in [2.45, 2.75) is 51.6 Å². The third-order valence-corrected chi connectivity index (χ3v) is 3.59. The number of rotatable bonds is 5. The van der Waals surface area contributed by atoms with E-state index in [1.54, 1.807) is 4.90 Å². The molecule has 1 rings (SSSR count). The van der Waals surface area contributed by atoms with Crippen LogP contribution < -0.4 is 5.32 Å². The number of nitrogens with one attached hydrogen (secondary N) is 1. The molecule has 112 valence electrons. The van der Waals surface area contributed by atoms with E-state index in [9.17, 15) is 9.90 Å². The van der Waals surface area contributed by atoms with Gasteiger partial charge in [0.1, 0.15) is 0 Å². The predicted octanol–water partition coefficient (Wildman–Crippen LogP) is 2.17. The second-order valence-electron chi connectivity index (χ2n) is 6.35. The van der Waals surface area contributed by atoms with Gasteiger partial charge >= 0.3 is 6.09 Å². The molecule has 0 bridgehead atoms. The highest BCUT2D eigenvalue weighted by Crippen LogP contribution is 2.25. The Hall–Kier alpha value is -0.810. The van der Waals surface area contributed by atoms with Gasteiger partial charge in [0, 0.05) is 31.3 Å². The SMILES string of the molecule is CNC[C@H](CC1CCCOC1)N(C(=O)O)C(C)(C)C. The first kappa shape index (κ1) is 16.2. The summed E-state index contributed by atoms with van der Waals surface area (Å²) in [5, 5.41) is 12.6. The quantitative estimate of drug-likeness (QED) is 0.805. The lowest BCUT2D eigenvalue weighted by Crippen LogP contribution is -2.54. The number of likely N-dealkylation sites (N-methyl/N-ethyl adjacent to an activating group) is 1. The van der Waals surface area contributed by atoms with Crippen LogP contribution in [0.1, 0.15) is 40.0 Å². The molecule has 0 aromatic carbocycles. The number of amides is 1. The molecule has 1 unspecified atom stereocenters. The number of hydrogen-bond donors (Lipinski definition) is 2. The van der Waals surface area contributed by atoms with E-state index in [2.05, 4.69) is 5.32 Å². The Morgan fingerprint density at radius 2 is 2.21 bits per heavy atom. The summed E-state index contributed by atoms with van der Waals surface area (Å²) in [6.07, 6.45) is 2.24. The van der Waals surface area contributed by atoms with Crippen LogP contribution in [-0.4, -0.2) is 54.5 Å². The number of carboxylic acid groups (broad SMARTS) is 1. The van der Waals surface area contributed by atoms with Gasteiger partial charge < -0.3 is 15.2 Å². The van der Waals surface area contributed by atoms with E-state index in [1.165, 1.54) is 0 Å². The minimum Gasteiger partial charge on any atom is -0.465 e. The zero-order valence-corrected chi connectivity index (χ0v) is 12.6. The molecule has 0 spiro atoms. The van der Waals surface area contributed by atoms with Crippen LogP contribution in [-0.2, 0) is 4.74 Å². The first-order valence-electron chi connectivity index (χ1n) is 7.11. The van der Waals surface area contributed by atoms with Crippen molar-refractivity contribution in [3.8, 4) is 0 Å². The molecule has 2 atom stereocenters. The largest absolute Gasteiger partial charge is 0.465 e. The summed E-state index contributed by atoms with van der Waals surface area (Å²) in [6, 6.07) is -0.00537. The van der Waals surface area contributed by atoms with Gasteiger partial charge in [-0.1, -0.05) is 0 Å². The molecule has 0 saturated carbocycles. The van der Waals surface area contributed by atoms with E-state index >= 15 is 0 Å². The van der Waals surface area contributed by atoms with Crippen molar-refractivity contribution in [2.24, 2.45) is 5.92 Å². The van der Waals surface area contributed by atoms with E-state index < -0.39 is 6.09 Å². The van der Waals surface area contributed by atoms with Gasteiger partial charge in [0.15, 0.2) is 0 Å². The van der Waals surface area contributed by atoms with Crippen LogP contribution in [0.2, 0.25) is 0 Å². The Bertz CT molecular complexity index is 283. The topological polar surface area (TPSA) is 61.8 Å². The zero-order chi connectivity index (χ0) is 14.5. The van der Waals surface area contributed by atoms with Gasteiger partial charge in [-0.3, -0.25) is 4.90 Å². The van der Waals surface area contributed by atoms with Gasteiger partial charge in [0.05, 0.1) is 0 Å². The summed E-state index contributed by atoms with van der Waals surface area (Å²) in [4.78, 5) is 13.2. The summed E-state index contributed by atoms with van der Waals surface area (Å²) < 4.78 is 5.50. The van der Waals surface area contributed by atoms with Gasteiger partial charge in [-0.25, -0.2) is 4.79 Å². The van der Waals surface area contributed by atoms with Crippen molar-refractivity contribution < 1.29 is 14.6 Å². The van der Waals surface area contributed by atoms with Gasteiger partial charge in [-0.15, -0.1) is 0 Å². The normalized spacial score (nSPS) is 22.0. The third kappa shape index (κ3) is 4.99. The standard InChI is InChI=1S/C14H28N2O3/c1-14(2,3)16(13(17)18)12(9-15-4)8-11-6-5-7-19-10-11/h11-12,15H,5-10H2,1-4H3,(H,17,18)/t11?,12-/m0/s1. The average molecular weight is 272 g/mol. The van der Waals surface area contributed by atoms with Gasteiger partial charge in [0.25, 0.3) is 0 Å². The summed E-state index contributed by atoms with van der Waals surface area (Å²) in [6.45, 7) is 8.12. The highest BCUT2D eigenvalue weighted by atomic mass is 16.5. The number of ether oxygens (including phenoxy) is 1. The third-order valence-electron chi connectivity index (χ3n) is 3.59. The molecule has 0 aromatic rings. The summed E-state index contributed by atoms with van der Waals surface area (Å²) in [7, 11) is 1.87. The molecule has 1 fully saturated rings. The number of hydrogen-bond acceptors (Lipinski definition) is 3. The molecule has 1 aliphatic heterocycles. The van der Waals surface area contributed by atoms with E-state index in [-0.39, 0.29) is 11.6 Å². The molecule has 5 nitrogen and oxygen atoms in total. The Labute approximate surface area is 116 Å². The minimum absolute atomic E-state index is 0.00537. The zero-order valence-electron chi connectivity index (χ0n) is 12.6. The molecular weight excluding hydrogens is 244 g/mol. The second kappa shape index (κ2) is 7.10. The van der Waals surface area contributed by atoms with E-state index in [1.807, 2.05) is 27.8 Å². The van der Waals surface area contributed by atoms with Crippen molar-refractivity contribution in [2.75, 3.05) is 26.8 Å². The molecule has 0 aromatic heterocycles. The van der Waals surface area contributed by atoms with Crippen LogP contribution in [0.25, 0.3) is 0 Å². The van der Waals surface area contributed by atoms with Crippen molar-refractivity contribution in [1.82, 2.24) is 10.2 Å². The fourth-order valence-electron chi connectivity index (χ4n) is 2.88. The maximum absolute atomic E-state index is 11.6. The Kier molecular flexibility index (Phi) is 6.07. The lowest BCUT2D eigenvalue weighted by molar-refractivity contribution is 0.0224. The molecule has 0 radical (unpaired) electrons. The van der Waals surface area contributed by atoms with Gasteiger partial charge in [-0.2, -0.15) is 0 Å². The van der Waals surface area contributed by atoms with Crippen molar-refractivity contribution in [1.29, 1.82) is 0 Å². The summed E-state index contributed by atoms with van der Waals surface area (Å²) in [5.41, 5.74) is -0.386. The second-order valence-corrected chi connectivity index (χ2v) is 6.35. The van der Waals surface area contributed by atoms with Crippen LogP contribution in [0.5, 0.6) is 0 Å². The van der Waals surface area contributed by atoms with Gasteiger partial charge in [0.2, 0.25) is 0 Å². The van der Waals surface area contributed by atoms with Crippen LogP contribution in [0.4, 0.5) is 4.79 Å². The molecule has 1 aliphatic rings. The fourth-order valence-corrected chi connectivity index (χ4v) is 2.88. The predicted molar refractivity (Wildman–Crippen MR) is 75.5 cm³/mol. The van der Waals surface area contributed by atoms with Crippen molar-refractivity contribution in [3.63, 3.8) is 0 Å². The fraction of sp³-hybridized carbons (Fsp3) is 0.929. The van der Waals surface area contributed by atoms with Crippen LogP contribution in [0.3, 0.4) is 0 Å². The molecule has 1 saturated heterocycles. The Morgan fingerprint density at radius 3 is 2.63 bits per heavy atom. The summed E-state index contributed by atoms with van der Waals surface area (Å²) in [5.74, 6) is 0.469. The monoisotopic (exact) mass is 272 g/mol.